The lowest BCUT2D eigenvalue weighted by Gasteiger charge is -2.41. The molecule has 0 bridgehead atoms. The summed E-state index contributed by atoms with van der Waals surface area (Å²) in [4.78, 5) is 0. The highest BCUT2D eigenvalue weighted by Gasteiger charge is 2.45. The van der Waals surface area contributed by atoms with Crippen LogP contribution >= 0.6 is 0 Å². The van der Waals surface area contributed by atoms with Gasteiger partial charge in [0.25, 0.3) is 0 Å². The third-order valence-electron chi connectivity index (χ3n) is 7.13. The van der Waals surface area contributed by atoms with E-state index in [1.807, 2.05) is 20.8 Å². The van der Waals surface area contributed by atoms with Crippen LogP contribution < -0.4 is 9.47 Å². The zero-order chi connectivity index (χ0) is 23.8. The summed E-state index contributed by atoms with van der Waals surface area (Å²) in [6.07, 6.45) is -1.41. The molecule has 1 unspecified atom stereocenters. The molecule has 3 rings (SSSR count). The summed E-state index contributed by atoms with van der Waals surface area (Å²) < 4.78 is 18.2. The van der Waals surface area contributed by atoms with Gasteiger partial charge in [0.15, 0.2) is 0 Å². The molecule has 1 fully saturated rings. The van der Waals surface area contributed by atoms with Crippen LogP contribution in [0.3, 0.4) is 0 Å². The molecule has 0 aliphatic carbocycles. The van der Waals surface area contributed by atoms with Gasteiger partial charge in [0, 0.05) is 5.56 Å². The van der Waals surface area contributed by atoms with Crippen LogP contribution in [0.1, 0.15) is 68.7 Å². The van der Waals surface area contributed by atoms with Crippen LogP contribution in [0, 0.1) is 26.7 Å². The van der Waals surface area contributed by atoms with E-state index in [2.05, 4.69) is 20.8 Å². The van der Waals surface area contributed by atoms with Crippen molar-refractivity contribution in [1.29, 1.82) is 0 Å². The molecular weight excluding hydrogens is 412 g/mol. The molecule has 7 nitrogen and oxygen atoms in total. The Hall–Kier alpha value is -1.38. The van der Waals surface area contributed by atoms with E-state index < -0.39 is 37.3 Å². The van der Waals surface area contributed by atoms with Crippen LogP contribution in [-0.4, -0.2) is 63.3 Å². The van der Waals surface area contributed by atoms with Crippen LogP contribution in [-0.2, 0) is 11.2 Å². The lowest BCUT2D eigenvalue weighted by Crippen LogP contribution is -2.60. The molecule has 0 spiro atoms. The molecule has 0 aromatic heterocycles. The molecule has 4 N–H and O–H groups in total. The maximum atomic E-state index is 10.4. The summed E-state index contributed by atoms with van der Waals surface area (Å²) in [5.41, 5.74) is 3.69. The highest BCUT2D eigenvalue weighted by molar-refractivity contribution is 5.59. The Bertz CT molecular complexity index is 806. The minimum absolute atomic E-state index is 0.189. The quantitative estimate of drug-likeness (QED) is 0.504. The number of aliphatic hydroxyl groups excluding tert-OH is 4. The standard InChI is InChI=1S/C25H40O7/c1-13(2)8-7-10-25(6)11-9-17-16(5)22(14(3)15(4)23(17)32-25)31-24-21(29)20(28)19(27)18(12-26)30-24/h13,18-21,24,26-29H,7-12H2,1-6H3/t18-,19-,20+,21-,24+,25?/m1/s1. The summed E-state index contributed by atoms with van der Waals surface area (Å²) in [5, 5.41) is 40.0. The van der Waals surface area contributed by atoms with Gasteiger partial charge in [-0.2, -0.15) is 0 Å². The average Bonchev–Trinajstić information content (AvgIpc) is 2.74. The van der Waals surface area contributed by atoms with E-state index >= 15 is 0 Å². The fraction of sp³-hybridized carbons (Fsp3) is 0.760. The molecule has 182 valence electrons. The minimum Gasteiger partial charge on any atom is -0.487 e. The summed E-state index contributed by atoms with van der Waals surface area (Å²) in [6, 6.07) is 0. The van der Waals surface area contributed by atoms with Gasteiger partial charge in [0.2, 0.25) is 6.29 Å². The lowest BCUT2D eigenvalue weighted by molar-refractivity contribution is -0.277. The third-order valence-corrected chi connectivity index (χ3v) is 7.13. The third kappa shape index (κ3) is 4.92. The van der Waals surface area contributed by atoms with Crippen LogP contribution in [0.2, 0.25) is 0 Å². The molecule has 2 aliphatic rings. The van der Waals surface area contributed by atoms with E-state index in [1.165, 1.54) is 6.42 Å². The Balaban J connectivity index is 1.85. The zero-order valence-corrected chi connectivity index (χ0v) is 20.2. The van der Waals surface area contributed by atoms with E-state index in [0.717, 1.165) is 53.7 Å². The van der Waals surface area contributed by atoms with Crippen LogP contribution in [0.4, 0.5) is 0 Å². The minimum atomic E-state index is -1.47. The molecule has 1 aromatic rings. The topological polar surface area (TPSA) is 109 Å². The molecule has 0 amide bonds. The van der Waals surface area contributed by atoms with Crippen molar-refractivity contribution in [2.24, 2.45) is 5.92 Å². The molecule has 0 radical (unpaired) electrons. The predicted molar refractivity (Wildman–Crippen MR) is 121 cm³/mol. The first-order chi connectivity index (χ1) is 15.0. The fourth-order valence-corrected chi connectivity index (χ4v) is 4.80. The van der Waals surface area contributed by atoms with Gasteiger partial charge in [-0.1, -0.05) is 20.3 Å². The molecule has 6 atom stereocenters. The van der Waals surface area contributed by atoms with Crippen LogP contribution in [0.15, 0.2) is 0 Å². The molecule has 2 heterocycles. The van der Waals surface area contributed by atoms with Crippen molar-refractivity contribution in [1.82, 2.24) is 0 Å². The largest absolute Gasteiger partial charge is 0.487 e. The number of benzene rings is 1. The van der Waals surface area contributed by atoms with Crippen molar-refractivity contribution >= 4 is 0 Å². The van der Waals surface area contributed by atoms with Crippen molar-refractivity contribution in [3.8, 4) is 11.5 Å². The Morgan fingerprint density at radius 2 is 1.72 bits per heavy atom. The average molecular weight is 453 g/mol. The van der Waals surface area contributed by atoms with Gasteiger partial charge in [-0.3, -0.25) is 0 Å². The monoisotopic (exact) mass is 452 g/mol. The van der Waals surface area contributed by atoms with E-state index in [-0.39, 0.29) is 5.60 Å². The van der Waals surface area contributed by atoms with Gasteiger partial charge in [-0.25, -0.2) is 0 Å². The van der Waals surface area contributed by atoms with Crippen molar-refractivity contribution in [3.05, 3.63) is 22.3 Å². The van der Waals surface area contributed by atoms with Crippen molar-refractivity contribution in [2.75, 3.05) is 6.61 Å². The molecule has 1 saturated heterocycles. The molecule has 0 saturated carbocycles. The predicted octanol–water partition coefficient (Wildman–Crippen LogP) is 2.70. The van der Waals surface area contributed by atoms with E-state index in [1.54, 1.807) is 0 Å². The van der Waals surface area contributed by atoms with Gasteiger partial charge >= 0.3 is 0 Å². The van der Waals surface area contributed by atoms with E-state index in [4.69, 9.17) is 14.2 Å². The van der Waals surface area contributed by atoms with Crippen LogP contribution in [0.5, 0.6) is 11.5 Å². The van der Waals surface area contributed by atoms with Crippen molar-refractivity contribution < 1.29 is 34.6 Å². The summed E-state index contributed by atoms with van der Waals surface area (Å²) in [5.74, 6) is 2.18. The summed E-state index contributed by atoms with van der Waals surface area (Å²) in [7, 11) is 0. The smallest absolute Gasteiger partial charge is 0.229 e. The number of hydrogen-bond acceptors (Lipinski definition) is 7. The Kier molecular flexibility index (Phi) is 7.77. The highest BCUT2D eigenvalue weighted by atomic mass is 16.7. The maximum absolute atomic E-state index is 10.4. The second kappa shape index (κ2) is 9.85. The van der Waals surface area contributed by atoms with Gasteiger partial charge in [-0.05, 0) is 76.0 Å². The van der Waals surface area contributed by atoms with Crippen LogP contribution in [0.25, 0.3) is 0 Å². The second-order valence-corrected chi connectivity index (χ2v) is 10.2. The SMILES string of the molecule is Cc1c(C)c2c(c(C)c1O[C@@H]1O[C@H](CO)[C@@H](O)[C@H](O)[C@H]1O)CCC(C)(CCCC(C)C)O2. The Morgan fingerprint density at radius 3 is 2.34 bits per heavy atom. The number of aliphatic hydroxyl groups is 4. The maximum Gasteiger partial charge on any atom is 0.229 e. The first-order valence-electron chi connectivity index (χ1n) is 11.8. The fourth-order valence-electron chi connectivity index (χ4n) is 4.80. The first kappa shape index (κ1) is 25.2. The number of hydrogen-bond donors (Lipinski definition) is 4. The van der Waals surface area contributed by atoms with Gasteiger partial charge in [0.05, 0.1) is 6.61 Å². The Labute approximate surface area is 191 Å². The van der Waals surface area contributed by atoms with Gasteiger partial charge in [-0.15, -0.1) is 0 Å². The summed E-state index contributed by atoms with van der Waals surface area (Å²) >= 11 is 0. The molecule has 1 aromatic carbocycles. The lowest BCUT2D eigenvalue weighted by atomic mass is 9.84. The summed E-state index contributed by atoms with van der Waals surface area (Å²) in [6.45, 7) is 12.1. The van der Waals surface area contributed by atoms with Crippen molar-refractivity contribution in [3.63, 3.8) is 0 Å². The Morgan fingerprint density at radius 1 is 1.03 bits per heavy atom. The van der Waals surface area contributed by atoms with E-state index in [0.29, 0.717) is 11.7 Å². The molecular formula is C25H40O7. The highest BCUT2D eigenvalue weighted by Crippen LogP contribution is 2.45. The molecule has 32 heavy (non-hydrogen) atoms. The number of ether oxygens (including phenoxy) is 3. The van der Waals surface area contributed by atoms with Gasteiger partial charge < -0.3 is 34.6 Å². The number of fused-ring (bicyclic) bond motifs is 1. The van der Waals surface area contributed by atoms with E-state index in [9.17, 15) is 20.4 Å². The molecule has 7 heteroatoms. The zero-order valence-electron chi connectivity index (χ0n) is 20.2. The second-order valence-electron chi connectivity index (χ2n) is 10.2. The van der Waals surface area contributed by atoms with Crippen molar-refractivity contribution in [2.45, 2.75) is 110 Å². The first-order valence-corrected chi connectivity index (χ1v) is 11.8. The molecule has 2 aliphatic heterocycles. The number of rotatable bonds is 7. The van der Waals surface area contributed by atoms with Gasteiger partial charge in [0.1, 0.15) is 41.5 Å². The normalized spacial score (nSPS) is 32.5.